The summed E-state index contributed by atoms with van der Waals surface area (Å²) in [5.41, 5.74) is 0.898. The Labute approximate surface area is 111 Å². The van der Waals surface area contributed by atoms with E-state index in [1.54, 1.807) is 6.08 Å². The van der Waals surface area contributed by atoms with Gasteiger partial charge in [0.05, 0.1) is 0 Å². The number of hydrogen-bond acceptors (Lipinski definition) is 1. The third-order valence-electron chi connectivity index (χ3n) is 1.22. The minimum absolute atomic E-state index is 0. The Balaban J connectivity index is -0.000000403. The first-order chi connectivity index (χ1) is 5.29. The molecular weight excluding hydrogens is 228 g/mol. The van der Waals surface area contributed by atoms with Gasteiger partial charge in [0.2, 0.25) is 0 Å². The second-order valence-corrected chi connectivity index (χ2v) is 2.08. The van der Waals surface area contributed by atoms with E-state index in [0.717, 1.165) is 11.6 Å². The number of carboxylic acid groups (broad SMARTS) is 1. The van der Waals surface area contributed by atoms with Crippen LogP contribution in [0.3, 0.4) is 0 Å². The van der Waals surface area contributed by atoms with Gasteiger partial charge in [0.25, 0.3) is 0 Å². The van der Waals surface area contributed by atoms with Gasteiger partial charge in [-0.2, -0.15) is 0 Å². The monoisotopic (exact) mass is 238 g/mol. The predicted octanol–water partition coefficient (Wildman–Crippen LogP) is 1.63. The van der Waals surface area contributed by atoms with Crippen molar-refractivity contribution in [3.05, 3.63) is 42.0 Å². The van der Waals surface area contributed by atoms with Crippen molar-refractivity contribution >= 4 is 57.5 Å². The Bertz CT molecular complexity index is 275. The van der Waals surface area contributed by atoms with E-state index in [4.69, 9.17) is 5.11 Å². The standard InChI is InChI=1S/C9H8O2.Sr.2H/c10-9(11)7-6-8-4-2-1-3-5-8;;;/h1-7H,(H,10,11);;;/q;+2;2*-1/b7-6+;;;. The molecule has 0 saturated carbocycles. The Morgan fingerprint density at radius 3 is 2.42 bits per heavy atom. The fourth-order valence-corrected chi connectivity index (χ4v) is 0.732. The summed E-state index contributed by atoms with van der Waals surface area (Å²) in [6.07, 6.45) is 2.68. The zero-order valence-electron chi connectivity index (χ0n) is 8.60. The zero-order chi connectivity index (χ0) is 8.10. The first-order valence-electron chi connectivity index (χ1n) is 3.25. The minimum atomic E-state index is -0.922. The number of benzene rings is 1. The van der Waals surface area contributed by atoms with E-state index in [1.807, 2.05) is 30.3 Å². The Morgan fingerprint density at radius 2 is 1.92 bits per heavy atom. The number of carboxylic acids is 1. The van der Waals surface area contributed by atoms with Gasteiger partial charge in [-0.1, -0.05) is 30.3 Å². The van der Waals surface area contributed by atoms with Crippen LogP contribution in [0.5, 0.6) is 0 Å². The number of rotatable bonds is 2. The molecule has 1 aromatic carbocycles. The van der Waals surface area contributed by atoms with Crippen molar-refractivity contribution in [2.75, 3.05) is 0 Å². The van der Waals surface area contributed by atoms with Crippen LogP contribution in [0.15, 0.2) is 36.4 Å². The molecule has 0 radical (unpaired) electrons. The average molecular weight is 238 g/mol. The fraction of sp³-hybridized carbons (Fsp3) is 0. The Kier molecular flexibility index (Phi) is 6.38. The topological polar surface area (TPSA) is 37.3 Å². The van der Waals surface area contributed by atoms with Crippen LogP contribution in [0, 0.1) is 0 Å². The van der Waals surface area contributed by atoms with Crippen LogP contribution in [0.2, 0.25) is 0 Å². The molecular formula is C9H10O2Sr. The van der Waals surface area contributed by atoms with Crippen molar-refractivity contribution in [3.63, 3.8) is 0 Å². The van der Waals surface area contributed by atoms with Crippen LogP contribution in [-0.4, -0.2) is 56.6 Å². The Hall–Kier alpha value is -0.0895. The van der Waals surface area contributed by atoms with Gasteiger partial charge in [0.1, 0.15) is 0 Å². The van der Waals surface area contributed by atoms with Crippen LogP contribution in [-0.2, 0) is 4.79 Å². The molecule has 0 atom stereocenters. The molecule has 0 amide bonds. The quantitative estimate of drug-likeness (QED) is 0.627. The summed E-state index contributed by atoms with van der Waals surface area (Å²) in [5.74, 6) is -0.922. The SMILES string of the molecule is O=C(O)/C=C/c1ccccc1.[H-].[H-].[Sr+2]. The molecule has 0 saturated heterocycles. The molecule has 1 aromatic rings. The fourth-order valence-electron chi connectivity index (χ4n) is 0.732. The molecule has 0 aliphatic heterocycles. The molecule has 0 bridgehead atoms. The van der Waals surface area contributed by atoms with Crippen LogP contribution in [0.1, 0.15) is 8.42 Å². The molecule has 0 fully saturated rings. The number of carbonyl (C=O) groups is 1. The smallest absolute Gasteiger partial charge is 1.00 e. The van der Waals surface area contributed by atoms with E-state index < -0.39 is 5.97 Å². The van der Waals surface area contributed by atoms with Crippen molar-refractivity contribution in [3.8, 4) is 0 Å². The maximum atomic E-state index is 10.1. The van der Waals surface area contributed by atoms with Crippen LogP contribution in [0.25, 0.3) is 6.08 Å². The minimum Gasteiger partial charge on any atom is -1.00 e. The van der Waals surface area contributed by atoms with Crippen LogP contribution < -0.4 is 0 Å². The maximum absolute atomic E-state index is 10.1. The van der Waals surface area contributed by atoms with Crippen molar-refractivity contribution < 1.29 is 12.8 Å². The van der Waals surface area contributed by atoms with Gasteiger partial charge in [0.15, 0.2) is 0 Å². The Morgan fingerprint density at radius 1 is 1.33 bits per heavy atom. The van der Waals surface area contributed by atoms with Crippen molar-refractivity contribution in [2.45, 2.75) is 0 Å². The van der Waals surface area contributed by atoms with Gasteiger partial charge < -0.3 is 7.96 Å². The molecule has 1 N–H and O–H groups in total. The summed E-state index contributed by atoms with van der Waals surface area (Å²) in [6, 6.07) is 9.31. The third kappa shape index (κ3) is 4.72. The molecule has 0 aliphatic rings. The summed E-state index contributed by atoms with van der Waals surface area (Å²) < 4.78 is 0. The molecule has 0 aliphatic carbocycles. The molecule has 1 rings (SSSR count). The van der Waals surface area contributed by atoms with E-state index in [1.165, 1.54) is 0 Å². The molecule has 60 valence electrons. The second-order valence-electron chi connectivity index (χ2n) is 2.08. The largest absolute Gasteiger partial charge is 2.00 e. The van der Waals surface area contributed by atoms with E-state index in [-0.39, 0.29) is 48.3 Å². The number of hydrogen-bond donors (Lipinski definition) is 1. The summed E-state index contributed by atoms with van der Waals surface area (Å²) in [6.45, 7) is 0. The van der Waals surface area contributed by atoms with E-state index in [2.05, 4.69) is 0 Å². The molecule has 0 unspecified atom stereocenters. The molecule has 2 nitrogen and oxygen atoms in total. The molecule has 12 heavy (non-hydrogen) atoms. The summed E-state index contributed by atoms with van der Waals surface area (Å²) >= 11 is 0. The number of aliphatic carboxylic acids is 1. The van der Waals surface area contributed by atoms with Crippen LogP contribution in [0.4, 0.5) is 0 Å². The molecule has 0 heterocycles. The van der Waals surface area contributed by atoms with Crippen molar-refractivity contribution in [2.24, 2.45) is 0 Å². The normalized spacial score (nSPS) is 9.33. The average Bonchev–Trinajstić information content (AvgIpc) is 2.03. The van der Waals surface area contributed by atoms with Gasteiger partial charge in [-0.15, -0.1) is 0 Å². The summed E-state index contributed by atoms with van der Waals surface area (Å²) in [4.78, 5) is 10.1. The van der Waals surface area contributed by atoms with E-state index >= 15 is 0 Å². The molecule has 3 heteroatoms. The molecule has 0 aromatic heterocycles. The summed E-state index contributed by atoms with van der Waals surface area (Å²) in [5, 5.41) is 8.29. The van der Waals surface area contributed by atoms with E-state index in [0.29, 0.717) is 0 Å². The molecule has 0 spiro atoms. The first-order valence-corrected chi connectivity index (χ1v) is 3.25. The zero-order valence-corrected chi connectivity index (χ0v) is 10.1. The van der Waals surface area contributed by atoms with Crippen LogP contribution >= 0.6 is 0 Å². The maximum Gasteiger partial charge on any atom is 2.00 e. The van der Waals surface area contributed by atoms with Gasteiger partial charge in [0, 0.05) is 6.08 Å². The van der Waals surface area contributed by atoms with Gasteiger partial charge in [-0.25, -0.2) is 4.79 Å². The summed E-state index contributed by atoms with van der Waals surface area (Å²) in [7, 11) is 0. The predicted molar refractivity (Wildman–Crippen MR) is 51.1 cm³/mol. The van der Waals surface area contributed by atoms with Gasteiger partial charge >= 0.3 is 51.5 Å². The first kappa shape index (κ1) is 11.9. The van der Waals surface area contributed by atoms with Crippen molar-refractivity contribution in [1.82, 2.24) is 0 Å². The van der Waals surface area contributed by atoms with Gasteiger partial charge in [-0.3, -0.25) is 0 Å². The van der Waals surface area contributed by atoms with Gasteiger partial charge in [-0.05, 0) is 11.6 Å². The third-order valence-corrected chi connectivity index (χ3v) is 1.22. The van der Waals surface area contributed by atoms with Crippen molar-refractivity contribution in [1.29, 1.82) is 0 Å². The second kappa shape index (κ2) is 6.43. The van der Waals surface area contributed by atoms with E-state index in [9.17, 15) is 4.79 Å².